The summed E-state index contributed by atoms with van der Waals surface area (Å²) in [6, 6.07) is 5.24. The van der Waals surface area contributed by atoms with Crippen molar-refractivity contribution in [1.82, 2.24) is 14.0 Å². The Morgan fingerprint density at radius 1 is 1.00 bits per heavy atom. The van der Waals surface area contributed by atoms with E-state index in [4.69, 9.17) is 4.74 Å². The minimum Gasteiger partial charge on any atom is -0.490 e. The lowest BCUT2D eigenvalue weighted by molar-refractivity contribution is -0.274. The Bertz CT molecular complexity index is 1240. The van der Waals surface area contributed by atoms with Crippen molar-refractivity contribution in [2.45, 2.75) is 32.2 Å². The molecule has 1 aliphatic heterocycles. The van der Waals surface area contributed by atoms with Gasteiger partial charge in [0.2, 0.25) is 0 Å². The third-order valence-electron chi connectivity index (χ3n) is 5.80. The topological polar surface area (TPSA) is 65.7 Å². The highest BCUT2D eigenvalue weighted by Gasteiger charge is 2.31. The van der Waals surface area contributed by atoms with Gasteiger partial charge < -0.3 is 23.5 Å². The van der Waals surface area contributed by atoms with Crippen molar-refractivity contribution in [2.24, 2.45) is 14.1 Å². The zero-order chi connectivity index (χ0) is 23.9. The van der Waals surface area contributed by atoms with Crippen LogP contribution in [0.3, 0.4) is 0 Å². The first-order valence-electron chi connectivity index (χ1n) is 10.5. The first kappa shape index (κ1) is 22.8. The number of alkyl halides is 3. The van der Waals surface area contributed by atoms with E-state index in [-0.39, 0.29) is 23.3 Å². The summed E-state index contributed by atoms with van der Waals surface area (Å²) in [6.07, 6.45) is -0.332. The molecule has 2 aromatic heterocycles. The summed E-state index contributed by atoms with van der Waals surface area (Å²) in [7, 11) is 3.48. The van der Waals surface area contributed by atoms with Gasteiger partial charge in [-0.1, -0.05) is 0 Å². The Morgan fingerprint density at radius 3 is 2.21 bits per heavy atom. The quantitative estimate of drug-likeness (QED) is 0.591. The number of likely N-dealkylation sites (tertiary alicyclic amines) is 1. The third kappa shape index (κ3) is 4.69. The molecule has 176 valence electrons. The molecule has 33 heavy (non-hydrogen) atoms. The number of benzene rings is 1. The van der Waals surface area contributed by atoms with Crippen molar-refractivity contribution >= 4 is 16.8 Å². The predicted octanol–water partition coefficient (Wildman–Crippen LogP) is 3.77. The van der Waals surface area contributed by atoms with E-state index >= 15 is 0 Å². The SMILES string of the molecule is Cc1cn(C)c(=O)c2c(C(=O)N3CCC(Oc4ccc(OC(F)(F)F)cc4)CC3)cn(C)c12. The van der Waals surface area contributed by atoms with Gasteiger partial charge in [0.15, 0.2) is 0 Å². The van der Waals surface area contributed by atoms with Gasteiger partial charge in [0.1, 0.15) is 17.6 Å². The minimum absolute atomic E-state index is 0.175. The second-order valence-electron chi connectivity index (χ2n) is 8.23. The van der Waals surface area contributed by atoms with E-state index in [1.165, 1.54) is 28.8 Å². The van der Waals surface area contributed by atoms with Crippen LogP contribution in [-0.4, -0.2) is 45.5 Å². The average Bonchev–Trinajstić information content (AvgIpc) is 3.10. The normalized spacial score (nSPS) is 15.2. The Labute approximate surface area is 187 Å². The van der Waals surface area contributed by atoms with Gasteiger partial charge in [-0.25, -0.2) is 0 Å². The molecule has 0 saturated carbocycles. The van der Waals surface area contributed by atoms with Crippen LogP contribution in [0, 0.1) is 6.92 Å². The Kier molecular flexibility index (Phi) is 5.85. The number of fused-ring (bicyclic) bond motifs is 1. The molecule has 0 N–H and O–H groups in total. The molecular weight excluding hydrogens is 439 g/mol. The Hall–Kier alpha value is -3.43. The van der Waals surface area contributed by atoms with Crippen molar-refractivity contribution in [3.8, 4) is 11.5 Å². The number of ether oxygens (including phenoxy) is 2. The number of carbonyl (C=O) groups is 1. The van der Waals surface area contributed by atoms with Crippen LogP contribution < -0.4 is 15.0 Å². The predicted molar refractivity (Wildman–Crippen MR) is 116 cm³/mol. The number of rotatable bonds is 4. The van der Waals surface area contributed by atoms with Gasteiger partial charge in [0.05, 0.1) is 16.5 Å². The van der Waals surface area contributed by atoms with E-state index < -0.39 is 6.36 Å². The number of pyridine rings is 1. The highest BCUT2D eigenvalue weighted by molar-refractivity contribution is 6.07. The van der Waals surface area contributed by atoms with Crippen LogP contribution in [0.25, 0.3) is 10.9 Å². The Morgan fingerprint density at radius 2 is 1.61 bits per heavy atom. The summed E-state index contributed by atoms with van der Waals surface area (Å²) >= 11 is 0. The largest absolute Gasteiger partial charge is 0.573 e. The van der Waals surface area contributed by atoms with Crippen LogP contribution in [0.2, 0.25) is 0 Å². The fourth-order valence-electron chi connectivity index (χ4n) is 4.33. The van der Waals surface area contributed by atoms with Crippen LogP contribution in [0.4, 0.5) is 13.2 Å². The van der Waals surface area contributed by atoms with Crippen molar-refractivity contribution in [1.29, 1.82) is 0 Å². The smallest absolute Gasteiger partial charge is 0.490 e. The summed E-state index contributed by atoms with van der Waals surface area (Å²) in [5.74, 6) is -0.0792. The van der Waals surface area contributed by atoms with Crippen molar-refractivity contribution in [3.05, 3.63) is 58.1 Å². The standard InChI is InChI=1S/C23H24F3N3O4/c1-14-12-28(3)22(31)19-18(13-27(2)20(14)19)21(30)29-10-8-16(9-11-29)32-15-4-6-17(7-5-15)33-23(24,25)26/h4-7,12-13,16H,8-11H2,1-3H3. The molecule has 4 rings (SSSR count). The van der Waals surface area contributed by atoms with E-state index in [0.29, 0.717) is 42.6 Å². The molecule has 1 saturated heterocycles. The second kappa shape index (κ2) is 8.49. The monoisotopic (exact) mass is 463 g/mol. The molecule has 3 heterocycles. The summed E-state index contributed by atoms with van der Waals surface area (Å²) in [6.45, 7) is 2.79. The summed E-state index contributed by atoms with van der Waals surface area (Å²) in [4.78, 5) is 27.7. The zero-order valence-electron chi connectivity index (χ0n) is 18.5. The molecule has 1 fully saturated rings. The van der Waals surface area contributed by atoms with Gasteiger partial charge >= 0.3 is 6.36 Å². The van der Waals surface area contributed by atoms with Gasteiger partial charge in [-0.3, -0.25) is 9.59 Å². The van der Waals surface area contributed by atoms with Crippen LogP contribution in [0.5, 0.6) is 11.5 Å². The number of halogens is 3. The van der Waals surface area contributed by atoms with Crippen molar-refractivity contribution in [2.75, 3.05) is 13.1 Å². The molecule has 1 aliphatic rings. The summed E-state index contributed by atoms with van der Waals surface area (Å²) in [5.41, 5.74) is 1.83. The Balaban J connectivity index is 1.42. The second-order valence-corrected chi connectivity index (χ2v) is 8.23. The number of aryl methyl sites for hydroxylation is 3. The number of amides is 1. The minimum atomic E-state index is -4.74. The van der Waals surface area contributed by atoms with Gasteiger partial charge in [-0.2, -0.15) is 0 Å². The number of aromatic nitrogens is 2. The van der Waals surface area contributed by atoms with E-state index in [9.17, 15) is 22.8 Å². The lowest BCUT2D eigenvalue weighted by Gasteiger charge is -2.32. The molecule has 0 aliphatic carbocycles. The number of hydrogen-bond donors (Lipinski definition) is 0. The first-order chi connectivity index (χ1) is 15.5. The van der Waals surface area contributed by atoms with Gasteiger partial charge in [0.25, 0.3) is 11.5 Å². The molecule has 0 unspecified atom stereocenters. The molecule has 7 nitrogen and oxygen atoms in total. The van der Waals surface area contributed by atoms with Crippen molar-refractivity contribution < 1.29 is 27.4 Å². The highest BCUT2D eigenvalue weighted by Crippen LogP contribution is 2.27. The first-order valence-corrected chi connectivity index (χ1v) is 10.5. The molecule has 1 aromatic carbocycles. The van der Waals surface area contributed by atoms with Gasteiger partial charge in [-0.05, 0) is 36.8 Å². The maximum atomic E-state index is 13.2. The molecule has 3 aromatic rings. The molecule has 0 bridgehead atoms. The van der Waals surface area contributed by atoms with Gasteiger partial charge in [-0.15, -0.1) is 13.2 Å². The number of carbonyl (C=O) groups excluding carboxylic acids is 1. The summed E-state index contributed by atoms with van der Waals surface area (Å²) < 4.78 is 49.9. The van der Waals surface area contributed by atoms with E-state index in [0.717, 1.165) is 11.1 Å². The fraction of sp³-hybridized carbons (Fsp3) is 0.391. The molecule has 0 spiro atoms. The van der Waals surface area contributed by atoms with Gasteiger partial charge in [0, 0.05) is 52.4 Å². The lowest BCUT2D eigenvalue weighted by Crippen LogP contribution is -2.42. The van der Waals surface area contributed by atoms with Crippen molar-refractivity contribution in [3.63, 3.8) is 0 Å². The lowest BCUT2D eigenvalue weighted by atomic mass is 10.1. The van der Waals surface area contributed by atoms with E-state index in [1.54, 1.807) is 28.9 Å². The molecule has 10 heteroatoms. The third-order valence-corrected chi connectivity index (χ3v) is 5.80. The van der Waals surface area contributed by atoms with E-state index in [2.05, 4.69) is 4.74 Å². The van der Waals surface area contributed by atoms with E-state index in [1.807, 2.05) is 14.0 Å². The number of nitrogens with zero attached hydrogens (tertiary/aromatic N) is 3. The number of hydrogen-bond acceptors (Lipinski definition) is 4. The summed E-state index contributed by atoms with van der Waals surface area (Å²) in [5, 5.41) is 0.421. The van der Waals surface area contributed by atoms with Crippen LogP contribution >= 0.6 is 0 Å². The zero-order valence-corrected chi connectivity index (χ0v) is 18.5. The fourth-order valence-corrected chi connectivity index (χ4v) is 4.33. The maximum absolute atomic E-state index is 13.2. The van der Waals surface area contributed by atoms with Crippen LogP contribution in [-0.2, 0) is 14.1 Å². The molecule has 0 radical (unpaired) electrons. The maximum Gasteiger partial charge on any atom is 0.573 e. The van der Waals surface area contributed by atoms with Crippen LogP contribution in [0.15, 0.2) is 41.5 Å². The number of piperidine rings is 1. The average molecular weight is 463 g/mol. The van der Waals surface area contributed by atoms with Crippen LogP contribution in [0.1, 0.15) is 28.8 Å². The molecular formula is C23H24F3N3O4. The molecule has 1 amide bonds. The highest BCUT2D eigenvalue weighted by atomic mass is 19.4. The molecule has 0 atom stereocenters.